The van der Waals surface area contributed by atoms with Gasteiger partial charge in [0.2, 0.25) is 0 Å². The summed E-state index contributed by atoms with van der Waals surface area (Å²) in [4.78, 5) is 0. The Bertz CT molecular complexity index is 438. The van der Waals surface area contributed by atoms with E-state index in [9.17, 15) is 0 Å². The number of nitriles is 1. The van der Waals surface area contributed by atoms with E-state index in [1.54, 1.807) is 7.11 Å². The molecule has 1 aromatic carbocycles. The second-order valence-corrected chi connectivity index (χ2v) is 4.63. The van der Waals surface area contributed by atoms with Gasteiger partial charge in [-0.2, -0.15) is 5.26 Å². The quantitative estimate of drug-likeness (QED) is 0.821. The van der Waals surface area contributed by atoms with Gasteiger partial charge in [-0.05, 0) is 12.5 Å². The van der Waals surface area contributed by atoms with E-state index < -0.39 is 6.10 Å². The first-order valence-electron chi connectivity index (χ1n) is 6.57. The lowest BCUT2D eigenvalue weighted by Crippen LogP contribution is -2.23. The number of para-hydroxylation sites is 1. The Hall–Kier alpha value is -1.73. The van der Waals surface area contributed by atoms with Gasteiger partial charge in [0.25, 0.3) is 0 Å². The number of benzene rings is 1. The van der Waals surface area contributed by atoms with Crippen molar-refractivity contribution in [1.29, 1.82) is 5.26 Å². The van der Waals surface area contributed by atoms with E-state index in [1.165, 1.54) is 0 Å². The van der Waals surface area contributed by atoms with Gasteiger partial charge < -0.3 is 14.8 Å². The number of methoxy groups -OCH3 is 1. The molecule has 0 aliphatic heterocycles. The van der Waals surface area contributed by atoms with Crippen molar-refractivity contribution >= 4 is 0 Å². The minimum Gasteiger partial charge on any atom is -0.493 e. The van der Waals surface area contributed by atoms with Crippen LogP contribution in [-0.2, 0) is 6.54 Å². The number of hydrogen-bond donors (Lipinski definition) is 1. The van der Waals surface area contributed by atoms with E-state index >= 15 is 0 Å². The summed E-state index contributed by atoms with van der Waals surface area (Å²) in [5.74, 6) is 1.32. The Balaban J connectivity index is 2.99. The summed E-state index contributed by atoms with van der Waals surface area (Å²) in [6, 6.07) is 8.29. The summed E-state index contributed by atoms with van der Waals surface area (Å²) >= 11 is 0. The summed E-state index contributed by atoms with van der Waals surface area (Å²) in [6.07, 6.45) is 0.195. The molecular formula is C15H22N2O2. The largest absolute Gasteiger partial charge is 0.493 e. The molecule has 0 spiro atoms. The van der Waals surface area contributed by atoms with Crippen LogP contribution in [0.3, 0.4) is 0 Å². The summed E-state index contributed by atoms with van der Waals surface area (Å²) in [5.41, 5.74) is 1.00. The Morgan fingerprint density at radius 1 is 1.37 bits per heavy atom. The number of ether oxygens (including phenoxy) is 2. The molecule has 1 unspecified atom stereocenters. The molecule has 1 N–H and O–H groups in total. The van der Waals surface area contributed by atoms with Crippen molar-refractivity contribution in [3.8, 4) is 17.6 Å². The lowest BCUT2D eigenvalue weighted by atomic mass is 10.1. The Morgan fingerprint density at radius 3 is 2.63 bits per heavy atom. The second-order valence-electron chi connectivity index (χ2n) is 4.63. The second kappa shape index (κ2) is 7.65. The lowest BCUT2D eigenvalue weighted by Gasteiger charge is -2.18. The topological polar surface area (TPSA) is 54.3 Å². The number of nitrogens with zero attached hydrogens (tertiary/aromatic N) is 1. The van der Waals surface area contributed by atoms with E-state index in [-0.39, 0.29) is 0 Å². The van der Waals surface area contributed by atoms with E-state index in [0.29, 0.717) is 30.5 Å². The maximum atomic E-state index is 9.03. The van der Waals surface area contributed by atoms with Crippen LogP contribution >= 0.6 is 0 Å². The highest BCUT2D eigenvalue weighted by Gasteiger charge is 2.15. The molecule has 1 aromatic rings. The van der Waals surface area contributed by atoms with Crippen LogP contribution in [0.4, 0.5) is 0 Å². The molecule has 1 atom stereocenters. The van der Waals surface area contributed by atoms with E-state index in [2.05, 4.69) is 25.2 Å². The fraction of sp³-hybridized carbons (Fsp3) is 0.533. The van der Waals surface area contributed by atoms with Gasteiger partial charge in [-0.3, -0.25) is 0 Å². The fourth-order valence-electron chi connectivity index (χ4n) is 1.65. The zero-order chi connectivity index (χ0) is 14.3. The van der Waals surface area contributed by atoms with Crippen LogP contribution in [0.25, 0.3) is 0 Å². The van der Waals surface area contributed by atoms with Gasteiger partial charge in [0.05, 0.1) is 7.11 Å². The number of hydrogen-bond acceptors (Lipinski definition) is 4. The molecule has 0 aromatic heterocycles. The molecular weight excluding hydrogens is 240 g/mol. The maximum Gasteiger partial charge on any atom is 0.184 e. The van der Waals surface area contributed by atoms with E-state index in [1.807, 2.05) is 25.1 Å². The Kier molecular flexibility index (Phi) is 6.17. The first-order chi connectivity index (χ1) is 9.12. The number of nitrogens with one attached hydrogen (secondary N) is 1. The molecule has 0 amide bonds. The minimum atomic E-state index is -0.450. The highest BCUT2D eigenvalue weighted by Crippen LogP contribution is 2.32. The summed E-state index contributed by atoms with van der Waals surface area (Å²) in [6.45, 7) is 6.79. The van der Waals surface area contributed by atoms with Crippen LogP contribution in [0.15, 0.2) is 18.2 Å². The van der Waals surface area contributed by atoms with Gasteiger partial charge in [0, 0.05) is 18.2 Å². The molecule has 0 saturated heterocycles. The van der Waals surface area contributed by atoms with Crippen molar-refractivity contribution in [1.82, 2.24) is 5.32 Å². The molecule has 0 bridgehead atoms. The fourth-order valence-corrected chi connectivity index (χ4v) is 1.65. The number of rotatable bonds is 7. The summed E-state index contributed by atoms with van der Waals surface area (Å²) < 4.78 is 11.1. The van der Waals surface area contributed by atoms with Crippen molar-refractivity contribution in [2.75, 3.05) is 7.11 Å². The van der Waals surface area contributed by atoms with Crippen LogP contribution in [0.5, 0.6) is 11.5 Å². The molecule has 0 heterocycles. The average Bonchev–Trinajstić information content (AvgIpc) is 2.42. The Morgan fingerprint density at radius 2 is 2.11 bits per heavy atom. The Labute approximate surface area is 115 Å². The zero-order valence-corrected chi connectivity index (χ0v) is 12.1. The van der Waals surface area contributed by atoms with Gasteiger partial charge in [-0.25, -0.2) is 0 Å². The standard InChI is InChI=1S/C15H22N2O2/c1-5-13(9-16)19-15-12(10-17-11(2)3)7-6-8-14(15)18-4/h6-8,11,13,17H,5,10H2,1-4H3. The van der Waals surface area contributed by atoms with Gasteiger partial charge in [0.15, 0.2) is 17.6 Å². The SMILES string of the molecule is CCC(C#N)Oc1c(CNC(C)C)cccc1OC. The van der Waals surface area contributed by atoms with Crippen LogP contribution in [0.1, 0.15) is 32.8 Å². The molecule has 0 aliphatic rings. The highest BCUT2D eigenvalue weighted by molar-refractivity contribution is 5.47. The first-order valence-corrected chi connectivity index (χ1v) is 6.57. The molecule has 1 rings (SSSR count). The zero-order valence-electron chi connectivity index (χ0n) is 12.1. The van der Waals surface area contributed by atoms with Crippen molar-refractivity contribution in [2.45, 2.75) is 45.9 Å². The third-order valence-electron chi connectivity index (χ3n) is 2.76. The summed E-state index contributed by atoms with van der Waals surface area (Å²) in [5, 5.41) is 12.4. The van der Waals surface area contributed by atoms with Gasteiger partial charge in [-0.1, -0.05) is 32.9 Å². The van der Waals surface area contributed by atoms with Crippen molar-refractivity contribution in [3.63, 3.8) is 0 Å². The molecule has 4 heteroatoms. The van der Waals surface area contributed by atoms with Gasteiger partial charge in [0.1, 0.15) is 6.07 Å². The van der Waals surface area contributed by atoms with Crippen molar-refractivity contribution < 1.29 is 9.47 Å². The predicted octanol–water partition coefficient (Wildman–Crippen LogP) is 2.87. The third-order valence-corrected chi connectivity index (χ3v) is 2.76. The van der Waals surface area contributed by atoms with E-state index in [4.69, 9.17) is 14.7 Å². The molecule has 0 aliphatic carbocycles. The molecule has 0 fully saturated rings. The monoisotopic (exact) mass is 262 g/mol. The van der Waals surface area contributed by atoms with Gasteiger partial charge in [-0.15, -0.1) is 0 Å². The van der Waals surface area contributed by atoms with Crippen molar-refractivity contribution in [3.05, 3.63) is 23.8 Å². The van der Waals surface area contributed by atoms with E-state index in [0.717, 1.165) is 5.56 Å². The first kappa shape index (κ1) is 15.3. The molecule has 19 heavy (non-hydrogen) atoms. The smallest absolute Gasteiger partial charge is 0.184 e. The summed E-state index contributed by atoms with van der Waals surface area (Å²) in [7, 11) is 1.61. The van der Waals surface area contributed by atoms with Crippen LogP contribution < -0.4 is 14.8 Å². The molecule has 4 nitrogen and oxygen atoms in total. The molecule has 0 radical (unpaired) electrons. The van der Waals surface area contributed by atoms with Crippen LogP contribution in [0.2, 0.25) is 0 Å². The average molecular weight is 262 g/mol. The van der Waals surface area contributed by atoms with Crippen LogP contribution in [-0.4, -0.2) is 19.3 Å². The maximum absolute atomic E-state index is 9.03. The molecule has 104 valence electrons. The van der Waals surface area contributed by atoms with Crippen molar-refractivity contribution in [2.24, 2.45) is 0 Å². The highest BCUT2D eigenvalue weighted by atomic mass is 16.5. The lowest BCUT2D eigenvalue weighted by molar-refractivity contribution is 0.235. The minimum absolute atomic E-state index is 0.386. The predicted molar refractivity (Wildman–Crippen MR) is 75.3 cm³/mol. The normalized spacial score (nSPS) is 12.0. The third kappa shape index (κ3) is 4.46. The van der Waals surface area contributed by atoms with Gasteiger partial charge >= 0.3 is 0 Å². The molecule has 0 saturated carbocycles. The van der Waals surface area contributed by atoms with Crippen LogP contribution in [0, 0.1) is 11.3 Å².